The van der Waals surface area contributed by atoms with Crippen LogP contribution in [0, 0.1) is 6.92 Å². The third-order valence-electron chi connectivity index (χ3n) is 9.12. The zero-order valence-corrected chi connectivity index (χ0v) is 28.9. The first kappa shape index (κ1) is 31.1. The summed E-state index contributed by atoms with van der Waals surface area (Å²) in [5, 5.41) is 7.63. The molecule has 0 fully saturated rings. The average molecular weight is 686 g/mol. The maximum atomic E-state index is 15.5. The molecule has 2 aliphatic heterocycles. The fraction of sp³-hybridized carbons (Fsp3) is 0.132. The highest BCUT2D eigenvalue weighted by atomic mass is 31.2. The number of aryl methyl sites for hydroxylation is 1. The van der Waals surface area contributed by atoms with Gasteiger partial charge in [0.15, 0.2) is 0 Å². The molecule has 0 saturated heterocycles. The third-order valence-corrected chi connectivity index (χ3v) is 14.6. The molecule has 0 radical (unpaired) electrons. The van der Waals surface area contributed by atoms with Crippen molar-refractivity contribution in [1.82, 2.24) is 15.0 Å². The Bertz CT molecular complexity index is 2330. The molecule has 0 spiro atoms. The van der Waals surface area contributed by atoms with Gasteiger partial charge in [0.2, 0.25) is 11.9 Å². The lowest BCUT2D eigenvalue weighted by Crippen LogP contribution is -2.27. The summed E-state index contributed by atoms with van der Waals surface area (Å²) < 4.78 is 43.3. The quantitative estimate of drug-likeness (QED) is 0.159. The van der Waals surface area contributed by atoms with Crippen LogP contribution in [0.2, 0.25) is 0 Å². The van der Waals surface area contributed by atoms with Crippen LogP contribution in [-0.2, 0) is 9.13 Å². The smallest absolute Gasteiger partial charge is 0.304 e. The van der Waals surface area contributed by atoms with Gasteiger partial charge in [-0.25, -0.2) is 0 Å². The van der Waals surface area contributed by atoms with Gasteiger partial charge in [-0.3, -0.25) is 9.13 Å². The molecule has 5 aromatic carbocycles. The Morgan fingerprint density at radius 3 is 1.63 bits per heavy atom. The number of fused-ring (bicyclic) bond motifs is 6. The van der Waals surface area contributed by atoms with Crippen molar-refractivity contribution < 1.29 is 18.2 Å². The van der Waals surface area contributed by atoms with Crippen molar-refractivity contribution in [1.29, 1.82) is 0 Å². The van der Waals surface area contributed by atoms with Crippen molar-refractivity contribution in [2.45, 2.75) is 25.3 Å². The lowest BCUT2D eigenvalue weighted by Gasteiger charge is -2.35. The van der Waals surface area contributed by atoms with Gasteiger partial charge in [0.1, 0.15) is 23.1 Å². The van der Waals surface area contributed by atoms with Crippen molar-refractivity contribution in [3.05, 3.63) is 138 Å². The molecule has 2 aliphatic rings. The minimum absolute atomic E-state index is 0.254. The Morgan fingerprint density at radius 2 is 1.04 bits per heavy atom. The molecule has 0 bridgehead atoms. The fourth-order valence-electron chi connectivity index (χ4n) is 6.65. The second-order valence-corrected chi connectivity index (χ2v) is 17.1. The first-order valence-corrected chi connectivity index (χ1v) is 19.4. The van der Waals surface area contributed by atoms with E-state index in [-0.39, 0.29) is 5.95 Å². The molecule has 9 nitrogen and oxygen atoms in total. The molecule has 4 unspecified atom stereocenters. The maximum Gasteiger partial charge on any atom is 0.304 e. The number of nitrogens with one attached hydrogen (secondary N) is 2. The summed E-state index contributed by atoms with van der Waals surface area (Å²) in [6.45, 7) is 3.71. The molecule has 3 heterocycles. The monoisotopic (exact) mass is 685 g/mol. The van der Waals surface area contributed by atoms with Gasteiger partial charge in [-0.2, -0.15) is 15.0 Å². The van der Waals surface area contributed by atoms with E-state index in [1.807, 2.05) is 128 Å². The van der Waals surface area contributed by atoms with Gasteiger partial charge in [0.05, 0.1) is 16.3 Å². The van der Waals surface area contributed by atoms with Crippen LogP contribution in [0.3, 0.4) is 0 Å². The minimum atomic E-state index is -3.74. The SMILES string of the molecule is CNc1nc(C)nc(NC(c2ccc(C(C)P3(=O)Oc4ccccc4-c4ccccc43)cc2)P2(=O)Oc3ccccc3-c3ccccc32)n1. The predicted octanol–water partition coefficient (Wildman–Crippen LogP) is 8.72. The molecule has 0 amide bonds. The standard InChI is InChI=1S/C38H33N5O4P2/c1-24(48(44)34-18-10-6-14-30(34)28-12-4-8-16-32(28)46-48)26-20-22-27(23-21-26)36(42-38-41-25(2)40-37(39-3)43-38)49(45)35-19-11-7-15-31(35)29-13-5-9-17-33(29)47-49/h4-24,36H,1-3H3,(H2,39,40,41,42,43). The molecule has 0 aliphatic carbocycles. The lowest BCUT2D eigenvalue weighted by atomic mass is 10.0. The fourth-order valence-corrected chi connectivity index (χ4v) is 11.8. The molecule has 6 aromatic rings. The summed E-state index contributed by atoms with van der Waals surface area (Å²) in [5.74, 6) is 1.40. The molecule has 0 saturated carbocycles. The number of aromatic nitrogens is 3. The summed E-state index contributed by atoms with van der Waals surface area (Å²) in [7, 11) is -5.42. The molecule has 8 rings (SSSR count). The zero-order valence-electron chi connectivity index (χ0n) is 27.1. The molecule has 244 valence electrons. The van der Waals surface area contributed by atoms with Crippen LogP contribution < -0.4 is 30.3 Å². The first-order chi connectivity index (χ1) is 23.8. The van der Waals surface area contributed by atoms with Crippen molar-refractivity contribution in [3.63, 3.8) is 0 Å². The van der Waals surface area contributed by atoms with E-state index < -0.39 is 26.2 Å². The van der Waals surface area contributed by atoms with Crippen molar-refractivity contribution in [3.8, 4) is 33.8 Å². The van der Waals surface area contributed by atoms with Gasteiger partial charge in [-0.05, 0) is 60.4 Å². The summed E-state index contributed by atoms with van der Waals surface area (Å²) in [6, 6.07) is 38.3. The van der Waals surface area contributed by atoms with E-state index in [1.165, 1.54) is 0 Å². The average Bonchev–Trinajstić information content (AvgIpc) is 3.13. The Morgan fingerprint density at radius 1 is 0.571 bits per heavy atom. The van der Waals surface area contributed by atoms with Gasteiger partial charge < -0.3 is 19.7 Å². The molecule has 49 heavy (non-hydrogen) atoms. The maximum absolute atomic E-state index is 15.5. The van der Waals surface area contributed by atoms with E-state index in [4.69, 9.17) is 9.05 Å². The zero-order chi connectivity index (χ0) is 33.8. The number of para-hydroxylation sites is 2. The highest BCUT2D eigenvalue weighted by Gasteiger charge is 2.45. The topological polar surface area (TPSA) is 115 Å². The molecule has 1 aromatic heterocycles. The van der Waals surface area contributed by atoms with Crippen LogP contribution in [0.25, 0.3) is 22.3 Å². The van der Waals surface area contributed by atoms with Gasteiger partial charge >= 0.3 is 7.37 Å². The predicted molar refractivity (Wildman–Crippen MR) is 195 cm³/mol. The normalized spacial score (nSPS) is 19.8. The summed E-state index contributed by atoms with van der Waals surface area (Å²) >= 11 is 0. The third kappa shape index (κ3) is 5.21. The number of nitrogens with zero attached hydrogens (tertiary/aromatic N) is 3. The molecule has 11 heteroatoms. The second-order valence-electron chi connectivity index (χ2n) is 12.1. The van der Waals surface area contributed by atoms with Crippen LogP contribution >= 0.6 is 14.7 Å². The Hall–Kier alpha value is -5.23. The molecular formula is C38H33N5O4P2. The highest BCUT2D eigenvalue weighted by Crippen LogP contribution is 2.65. The van der Waals surface area contributed by atoms with Crippen LogP contribution in [-0.4, -0.2) is 22.0 Å². The Balaban J connectivity index is 1.22. The van der Waals surface area contributed by atoms with Gasteiger partial charge in [-0.1, -0.05) is 97.1 Å². The van der Waals surface area contributed by atoms with Crippen LogP contribution in [0.5, 0.6) is 11.5 Å². The number of benzene rings is 5. The lowest BCUT2D eigenvalue weighted by molar-refractivity contribution is 0.480. The number of rotatable bonds is 7. The van der Waals surface area contributed by atoms with Crippen LogP contribution in [0.1, 0.15) is 35.3 Å². The summed E-state index contributed by atoms with van der Waals surface area (Å²) in [4.78, 5) is 13.4. The number of hydrogen-bond donors (Lipinski definition) is 2. The molecular weight excluding hydrogens is 652 g/mol. The van der Waals surface area contributed by atoms with Crippen molar-refractivity contribution >= 4 is 37.2 Å². The van der Waals surface area contributed by atoms with E-state index in [9.17, 15) is 4.57 Å². The van der Waals surface area contributed by atoms with E-state index in [2.05, 4.69) is 25.6 Å². The molecule has 2 N–H and O–H groups in total. The summed E-state index contributed by atoms with van der Waals surface area (Å²) in [5.41, 5.74) is 4.60. The van der Waals surface area contributed by atoms with Gasteiger partial charge in [0.25, 0.3) is 7.37 Å². The largest absolute Gasteiger partial charge is 0.439 e. The van der Waals surface area contributed by atoms with Crippen LogP contribution in [0.15, 0.2) is 121 Å². The van der Waals surface area contributed by atoms with Gasteiger partial charge in [0, 0.05) is 18.2 Å². The second kappa shape index (κ2) is 12.0. The van der Waals surface area contributed by atoms with E-state index in [0.29, 0.717) is 39.4 Å². The Labute approximate surface area is 284 Å². The van der Waals surface area contributed by atoms with E-state index in [1.54, 1.807) is 14.0 Å². The van der Waals surface area contributed by atoms with E-state index >= 15 is 4.57 Å². The van der Waals surface area contributed by atoms with E-state index in [0.717, 1.165) is 27.8 Å². The van der Waals surface area contributed by atoms with Crippen molar-refractivity contribution in [2.24, 2.45) is 0 Å². The van der Waals surface area contributed by atoms with Crippen LogP contribution in [0.4, 0.5) is 11.9 Å². The minimum Gasteiger partial charge on any atom is -0.439 e. The van der Waals surface area contributed by atoms with Gasteiger partial charge in [-0.15, -0.1) is 0 Å². The Kier molecular flexibility index (Phi) is 7.62. The first-order valence-electron chi connectivity index (χ1n) is 16.0. The number of hydrogen-bond acceptors (Lipinski definition) is 9. The summed E-state index contributed by atoms with van der Waals surface area (Å²) in [6.07, 6.45) is 0. The highest BCUT2D eigenvalue weighted by molar-refractivity contribution is 7.68. The van der Waals surface area contributed by atoms with Crippen molar-refractivity contribution in [2.75, 3.05) is 17.7 Å². The number of anilines is 2. The molecule has 4 atom stereocenters.